The van der Waals surface area contributed by atoms with E-state index in [-0.39, 0.29) is 17.8 Å². The molecule has 5 heteroatoms. The van der Waals surface area contributed by atoms with E-state index in [0.29, 0.717) is 18.7 Å². The summed E-state index contributed by atoms with van der Waals surface area (Å²) in [6, 6.07) is 19.0. The number of hydrogen-bond donors (Lipinski definition) is 1. The number of oxime groups is 1. The smallest absolute Gasteiger partial charge is 0.344 e. The molecular weight excluding hydrogens is 354 g/mol. The van der Waals surface area contributed by atoms with Gasteiger partial charge in [0, 0.05) is 11.1 Å². The first-order valence-electron chi connectivity index (χ1n) is 9.58. The molecule has 0 amide bonds. The largest absolute Gasteiger partial charge is 0.511 e. The van der Waals surface area contributed by atoms with Gasteiger partial charge in [0.25, 0.3) is 0 Å². The van der Waals surface area contributed by atoms with Crippen LogP contribution in [-0.2, 0) is 20.0 Å². The maximum absolute atomic E-state index is 13.1. The highest BCUT2D eigenvalue weighted by Gasteiger charge is 2.46. The Bertz CT molecular complexity index is 832. The monoisotopic (exact) mass is 379 g/mol. The van der Waals surface area contributed by atoms with Crippen LogP contribution in [0.3, 0.4) is 0 Å². The predicted molar refractivity (Wildman–Crippen MR) is 108 cm³/mol. The van der Waals surface area contributed by atoms with Gasteiger partial charge in [-0.05, 0) is 13.3 Å². The number of esters is 1. The Morgan fingerprint density at radius 1 is 1.07 bits per heavy atom. The molecule has 0 aliphatic carbocycles. The van der Waals surface area contributed by atoms with Crippen molar-refractivity contribution in [2.24, 2.45) is 5.16 Å². The topological polar surface area (TPSA) is 68.1 Å². The molecule has 0 bridgehead atoms. The van der Waals surface area contributed by atoms with E-state index < -0.39 is 11.6 Å². The number of carbonyl (C=O) groups is 1. The average molecular weight is 379 g/mol. The van der Waals surface area contributed by atoms with E-state index in [1.807, 2.05) is 74.5 Å². The zero-order valence-corrected chi connectivity index (χ0v) is 16.2. The minimum Gasteiger partial charge on any atom is -0.511 e. The molecule has 146 valence electrons. The molecule has 0 atom stereocenters. The van der Waals surface area contributed by atoms with Crippen molar-refractivity contribution in [3.05, 3.63) is 83.1 Å². The van der Waals surface area contributed by atoms with Crippen LogP contribution in [0.5, 0.6) is 0 Å². The van der Waals surface area contributed by atoms with Gasteiger partial charge in [0.15, 0.2) is 5.60 Å². The van der Waals surface area contributed by atoms with Gasteiger partial charge in [0.2, 0.25) is 0 Å². The lowest BCUT2D eigenvalue weighted by Crippen LogP contribution is -2.40. The van der Waals surface area contributed by atoms with Crippen molar-refractivity contribution in [3.63, 3.8) is 0 Å². The molecule has 2 aromatic rings. The van der Waals surface area contributed by atoms with Crippen molar-refractivity contribution in [1.82, 2.24) is 0 Å². The fourth-order valence-corrected chi connectivity index (χ4v) is 3.47. The lowest BCUT2D eigenvalue weighted by molar-refractivity contribution is -0.154. The van der Waals surface area contributed by atoms with Crippen LogP contribution < -0.4 is 0 Å². The first kappa shape index (κ1) is 19.7. The van der Waals surface area contributed by atoms with Gasteiger partial charge in [-0.3, -0.25) is 0 Å². The zero-order valence-electron chi connectivity index (χ0n) is 16.2. The lowest BCUT2D eigenvalue weighted by Gasteiger charge is -2.38. The molecule has 28 heavy (non-hydrogen) atoms. The van der Waals surface area contributed by atoms with Gasteiger partial charge in [0.05, 0.1) is 12.1 Å². The van der Waals surface area contributed by atoms with Gasteiger partial charge >= 0.3 is 5.97 Å². The Hall–Kier alpha value is -3.08. The number of aliphatic hydroxyl groups is 1. The highest BCUT2D eigenvalue weighted by Crippen LogP contribution is 2.43. The van der Waals surface area contributed by atoms with E-state index in [1.54, 1.807) is 0 Å². The number of carbonyl (C=O) groups excluding carboxylic acids is 1. The molecule has 0 aromatic heterocycles. The maximum Gasteiger partial charge on any atom is 0.344 e. The van der Waals surface area contributed by atoms with E-state index in [2.05, 4.69) is 5.16 Å². The molecule has 0 spiro atoms. The summed E-state index contributed by atoms with van der Waals surface area (Å²) in [5, 5.41) is 15.0. The molecule has 0 saturated carbocycles. The Balaban J connectivity index is 2.12. The average Bonchev–Trinajstić information content (AvgIpc) is 2.72. The molecular formula is C23H25NO4. The van der Waals surface area contributed by atoms with Gasteiger partial charge in [-0.15, -0.1) is 0 Å². The summed E-state index contributed by atoms with van der Waals surface area (Å²) in [5.41, 5.74) is 1.05. The Morgan fingerprint density at radius 3 is 2.11 bits per heavy atom. The number of ether oxygens (including phenoxy) is 1. The fraction of sp³-hybridized carbons (Fsp3) is 0.304. The van der Waals surface area contributed by atoms with Crippen molar-refractivity contribution in [3.8, 4) is 0 Å². The third kappa shape index (κ3) is 3.79. The molecule has 3 rings (SSSR count). The molecule has 0 radical (unpaired) electrons. The molecule has 0 unspecified atom stereocenters. The minimum absolute atomic E-state index is 0.0316. The van der Waals surface area contributed by atoms with Gasteiger partial charge in [-0.25, -0.2) is 4.79 Å². The van der Waals surface area contributed by atoms with Crippen LogP contribution in [0.2, 0.25) is 0 Å². The highest BCUT2D eigenvalue weighted by atomic mass is 16.6. The van der Waals surface area contributed by atoms with E-state index in [9.17, 15) is 9.90 Å². The van der Waals surface area contributed by atoms with E-state index in [0.717, 1.165) is 17.5 Å². The molecule has 5 nitrogen and oxygen atoms in total. The summed E-state index contributed by atoms with van der Waals surface area (Å²) in [6.45, 7) is 4.18. The first-order valence-corrected chi connectivity index (χ1v) is 9.58. The summed E-state index contributed by atoms with van der Waals surface area (Å²) < 4.78 is 6.04. The third-order valence-electron chi connectivity index (χ3n) is 4.74. The van der Waals surface area contributed by atoms with Gasteiger partial charge in [-0.1, -0.05) is 79.2 Å². The van der Waals surface area contributed by atoms with Gasteiger partial charge < -0.3 is 14.7 Å². The molecule has 2 aromatic carbocycles. The molecule has 1 aliphatic heterocycles. The molecule has 1 N–H and O–H groups in total. The summed E-state index contributed by atoms with van der Waals surface area (Å²) in [4.78, 5) is 18.2. The lowest BCUT2D eigenvalue weighted by atomic mass is 9.80. The summed E-state index contributed by atoms with van der Waals surface area (Å²) >= 11 is 0. The Kier molecular flexibility index (Phi) is 6.14. The summed E-state index contributed by atoms with van der Waals surface area (Å²) in [7, 11) is 0. The SMILES string of the molecule is CCC/C(=N\OCC)C1=C(O)CC(c2ccccc2)(c2ccccc2)OC1=O. The molecule has 1 heterocycles. The van der Waals surface area contributed by atoms with Crippen LogP contribution in [0.25, 0.3) is 0 Å². The second-order valence-electron chi connectivity index (χ2n) is 6.65. The number of benzene rings is 2. The maximum atomic E-state index is 13.1. The predicted octanol–water partition coefficient (Wildman–Crippen LogP) is 4.88. The van der Waals surface area contributed by atoms with Crippen LogP contribution >= 0.6 is 0 Å². The number of hydrogen-bond acceptors (Lipinski definition) is 5. The van der Waals surface area contributed by atoms with Crippen molar-refractivity contribution < 1.29 is 19.5 Å². The normalized spacial score (nSPS) is 16.6. The zero-order chi connectivity index (χ0) is 20.0. The minimum atomic E-state index is -1.09. The highest BCUT2D eigenvalue weighted by molar-refractivity contribution is 6.20. The van der Waals surface area contributed by atoms with Gasteiger partial charge in [-0.2, -0.15) is 0 Å². The van der Waals surface area contributed by atoms with Crippen molar-refractivity contribution in [2.75, 3.05) is 6.61 Å². The molecule has 0 saturated heterocycles. The van der Waals surface area contributed by atoms with Crippen molar-refractivity contribution in [1.29, 1.82) is 0 Å². The van der Waals surface area contributed by atoms with Crippen molar-refractivity contribution in [2.45, 2.75) is 38.7 Å². The second-order valence-corrected chi connectivity index (χ2v) is 6.65. The Labute approximate surface area is 165 Å². The van der Waals surface area contributed by atoms with Crippen LogP contribution in [-0.4, -0.2) is 23.4 Å². The number of cyclic esters (lactones) is 1. The number of rotatable bonds is 7. The molecule has 1 aliphatic rings. The van der Waals surface area contributed by atoms with Crippen LogP contribution in [0, 0.1) is 0 Å². The van der Waals surface area contributed by atoms with E-state index in [1.165, 1.54) is 0 Å². The van der Waals surface area contributed by atoms with Gasteiger partial charge in [0.1, 0.15) is 17.9 Å². The van der Waals surface area contributed by atoms with E-state index in [4.69, 9.17) is 9.57 Å². The van der Waals surface area contributed by atoms with E-state index >= 15 is 0 Å². The fourth-order valence-electron chi connectivity index (χ4n) is 3.47. The van der Waals surface area contributed by atoms with Crippen LogP contribution in [0.15, 0.2) is 77.2 Å². The number of aliphatic hydroxyl groups excluding tert-OH is 1. The van der Waals surface area contributed by atoms with Crippen molar-refractivity contribution >= 4 is 11.7 Å². The summed E-state index contributed by atoms with van der Waals surface area (Å²) in [5.74, 6) is -0.626. The standard InChI is InChI=1S/C23H25NO4/c1-3-11-19(24-27-4-2)21-20(25)16-23(28-22(21)26,17-12-7-5-8-13-17)18-14-9-6-10-15-18/h5-10,12-15,25H,3-4,11,16H2,1-2H3/b24-19+. The Morgan fingerprint density at radius 2 is 1.64 bits per heavy atom. The third-order valence-corrected chi connectivity index (χ3v) is 4.74. The quantitative estimate of drug-likeness (QED) is 0.423. The second kappa shape index (κ2) is 8.74. The summed E-state index contributed by atoms with van der Waals surface area (Å²) in [6.07, 6.45) is 1.41. The number of nitrogens with zero attached hydrogens (tertiary/aromatic N) is 1. The van der Waals surface area contributed by atoms with Crippen LogP contribution in [0.4, 0.5) is 0 Å². The molecule has 0 fully saturated rings. The first-order chi connectivity index (χ1) is 13.6. The van der Waals surface area contributed by atoms with Crippen LogP contribution in [0.1, 0.15) is 44.2 Å².